The molecule has 0 saturated carbocycles. The molecule has 9 nitrogen and oxygen atoms in total. The fraction of sp³-hybridized carbons (Fsp3) is 0.238. The summed E-state index contributed by atoms with van der Waals surface area (Å²) in [5.74, 6) is 1.19. The van der Waals surface area contributed by atoms with Gasteiger partial charge in [-0.1, -0.05) is 6.07 Å². The third kappa shape index (κ3) is 3.87. The van der Waals surface area contributed by atoms with Crippen LogP contribution in [-0.4, -0.2) is 38.7 Å². The van der Waals surface area contributed by atoms with Gasteiger partial charge in [0.15, 0.2) is 17.0 Å². The SMILES string of the molecule is COc1ccc(CCNS(=O)(=O)c2ccc3oc(=O)c4ncn(C)c4c3c2)cc1OC. The molecule has 0 radical (unpaired) electrons. The Morgan fingerprint density at radius 3 is 2.61 bits per heavy atom. The summed E-state index contributed by atoms with van der Waals surface area (Å²) in [4.78, 5) is 16.2. The second kappa shape index (κ2) is 8.05. The molecule has 10 heteroatoms. The van der Waals surface area contributed by atoms with Crippen molar-refractivity contribution in [2.24, 2.45) is 7.05 Å². The minimum absolute atomic E-state index is 0.0728. The quantitative estimate of drug-likeness (QED) is 0.436. The summed E-state index contributed by atoms with van der Waals surface area (Å²) in [6, 6.07) is 9.81. The van der Waals surface area contributed by atoms with E-state index in [4.69, 9.17) is 13.9 Å². The van der Waals surface area contributed by atoms with E-state index in [1.807, 2.05) is 12.1 Å². The standard InChI is InChI=1S/C21H21N3O6S/c1-24-12-22-19-20(24)15-11-14(5-7-16(15)30-21(19)25)31(26,27)23-9-8-13-4-6-17(28-2)18(10-13)29-3/h4-7,10-12,23H,8-9H2,1-3H3. The Bertz CT molecular complexity index is 1440. The highest BCUT2D eigenvalue weighted by Gasteiger charge is 2.18. The van der Waals surface area contributed by atoms with Crippen LogP contribution in [0.2, 0.25) is 0 Å². The van der Waals surface area contributed by atoms with Gasteiger partial charge >= 0.3 is 5.63 Å². The smallest absolute Gasteiger partial charge is 0.364 e. The van der Waals surface area contributed by atoms with Gasteiger partial charge in [0.2, 0.25) is 10.0 Å². The van der Waals surface area contributed by atoms with Crippen LogP contribution in [0.4, 0.5) is 0 Å². The van der Waals surface area contributed by atoms with Gasteiger partial charge in [-0.3, -0.25) is 0 Å². The maximum absolute atomic E-state index is 12.8. The van der Waals surface area contributed by atoms with Crippen LogP contribution >= 0.6 is 0 Å². The zero-order valence-electron chi connectivity index (χ0n) is 17.2. The molecule has 0 fully saturated rings. The van der Waals surface area contributed by atoms with Crippen LogP contribution in [0, 0.1) is 0 Å². The van der Waals surface area contributed by atoms with E-state index in [9.17, 15) is 13.2 Å². The average Bonchev–Trinajstić information content (AvgIpc) is 3.16. The minimum atomic E-state index is -3.78. The Morgan fingerprint density at radius 1 is 1.10 bits per heavy atom. The van der Waals surface area contributed by atoms with Crippen LogP contribution in [0.3, 0.4) is 0 Å². The molecule has 31 heavy (non-hydrogen) atoms. The number of nitrogens with zero attached hydrogens (tertiary/aromatic N) is 2. The highest BCUT2D eigenvalue weighted by atomic mass is 32.2. The molecule has 2 aromatic carbocycles. The predicted octanol–water partition coefficient (Wildman–Crippen LogP) is 2.22. The van der Waals surface area contributed by atoms with E-state index in [0.29, 0.717) is 34.4 Å². The molecule has 0 aliphatic carbocycles. The van der Waals surface area contributed by atoms with Crippen LogP contribution in [0.1, 0.15) is 5.56 Å². The molecule has 0 amide bonds. The Hall–Kier alpha value is -3.37. The number of imidazole rings is 1. The topological polar surface area (TPSA) is 113 Å². The average molecular weight is 443 g/mol. The Labute approximate surface area is 178 Å². The molecule has 4 aromatic rings. The first-order valence-electron chi connectivity index (χ1n) is 9.42. The Kier molecular flexibility index (Phi) is 5.42. The number of rotatable bonds is 7. The number of methoxy groups -OCH3 is 2. The first-order chi connectivity index (χ1) is 14.8. The molecular weight excluding hydrogens is 422 g/mol. The lowest BCUT2D eigenvalue weighted by Gasteiger charge is -2.11. The summed E-state index contributed by atoms with van der Waals surface area (Å²) < 4.78 is 45.7. The number of aryl methyl sites for hydroxylation is 1. The summed E-state index contributed by atoms with van der Waals surface area (Å²) >= 11 is 0. The Balaban J connectivity index is 1.59. The second-order valence-electron chi connectivity index (χ2n) is 6.94. The van der Waals surface area contributed by atoms with Crippen molar-refractivity contribution in [1.82, 2.24) is 14.3 Å². The Morgan fingerprint density at radius 2 is 1.87 bits per heavy atom. The fourth-order valence-corrected chi connectivity index (χ4v) is 4.50. The molecule has 2 aromatic heterocycles. The molecule has 0 saturated heterocycles. The van der Waals surface area contributed by atoms with E-state index in [0.717, 1.165) is 5.56 Å². The van der Waals surface area contributed by atoms with Crippen LogP contribution in [0.5, 0.6) is 11.5 Å². The molecule has 0 unspecified atom stereocenters. The summed E-state index contributed by atoms with van der Waals surface area (Å²) in [6.07, 6.45) is 1.96. The van der Waals surface area contributed by atoms with Crippen molar-refractivity contribution in [3.63, 3.8) is 0 Å². The molecular formula is C21H21N3O6S. The fourth-order valence-electron chi connectivity index (χ4n) is 3.44. The first-order valence-corrected chi connectivity index (χ1v) is 10.9. The van der Waals surface area contributed by atoms with E-state index >= 15 is 0 Å². The lowest BCUT2D eigenvalue weighted by Crippen LogP contribution is -2.26. The van der Waals surface area contributed by atoms with Gasteiger partial charge in [0.05, 0.1) is 31.0 Å². The number of fused-ring (bicyclic) bond motifs is 3. The van der Waals surface area contributed by atoms with Gasteiger partial charge < -0.3 is 18.5 Å². The largest absolute Gasteiger partial charge is 0.493 e. The van der Waals surface area contributed by atoms with E-state index in [1.165, 1.54) is 24.5 Å². The molecule has 0 atom stereocenters. The highest BCUT2D eigenvalue weighted by molar-refractivity contribution is 7.89. The third-order valence-electron chi connectivity index (χ3n) is 5.00. The van der Waals surface area contributed by atoms with Crippen molar-refractivity contribution < 1.29 is 22.3 Å². The zero-order valence-corrected chi connectivity index (χ0v) is 18.0. The van der Waals surface area contributed by atoms with Crippen molar-refractivity contribution in [2.75, 3.05) is 20.8 Å². The minimum Gasteiger partial charge on any atom is -0.493 e. The number of nitrogens with one attached hydrogen (secondary N) is 1. The number of aromatic nitrogens is 2. The monoisotopic (exact) mass is 443 g/mol. The van der Waals surface area contributed by atoms with Crippen molar-refractivity contribution in [3.05, 3.63) is 58.7 Å². The molecule has 0 aliphatic heterocycles. The van der Waals surface area contributed by atoms with Crippen LogP contribution in [0.15, 0.2) is 56.8 Å². The third-order valence-corrected chi connectivity index (χ3v) is 6.46. The van der Waals surface area contributed by atoms with Gasteiger partial charge in [-0.05, 0) is 42.3 Å². The molecule has 2 heterocycles. The number of ether oxygens (including phenoxy) is 2. The van der Waals surface area contributed by atoms with Gasteiger partial charge in [-0.25, -0.2) is 22.9 Å². The summed E-state index contributed by atoms with van der Waals surface area (Å²) in [6.45, 7) is 0.195. The lowest BCUT2D eigenvalue weighted by atomic mass is 10.1. The maximum atomic E-state index is 12.8. The van der Waals surface area contributed by atoms with Crippen LogP contribution in [0.25, 0.3) is 22.0 Å². The summed E-state index contributed by atoms with van der Waals surface area (Å²) in [5, 5.41) is 0.498. The van der Waals surface area contributed by atoms with E-state index in [1.54, 1.807) is 31.9 Å². The second-order valence-corrected chi connectivity index (χ2v) is 8.70. The molecule has 0 bridgehead atoms. The summed E-state index contributed by atoms with van der Waals surface area (Å²) in [7, 11) is 1.05. The summed E-state index contributed by atoms with van der Waals surface area (Å²) in [5.41, 5.74) is 1.31. The molecule has 0 spiro atoms. The van der Waals surface area contributed by atoms with Gasteiger partial charge in [-0.2, -0.15) is 0 Å². The van der Waals surface area contributed by atoms with Crippen molar-refractivity contribution in [2.45, 2.75) is 11.3 Å². The van der Waals surface area contributed by atoms with Crippen molar-refractivity contribution >= 4 is 32.0 Å². The molecule has 162 valence electrons. The van der Waals surface area contributed by atoms with Gasteiger partial charge in [0.1, 0.15) is 5.58 Å². The van der Waals surface area contributed by atoms with Gasteiger partial charge in [0, 0.05) is 19.0 Å². The number of sulfonamides is 1. The van der Waals surface area contributed by atoms with E-state index in [2.05, 4.69) is 9.71 Å². The van der Waals surface area contributed by atoms with E-state index in [-0.39, 0.29) is 17.0 Å². The molecule has 1 N–H and O–H groups in total. The molecule has 4 rings (SSSR count). The molecule has 0 aliphatic rings. The van der Waals surface area contributed by atoms with E-state index < -0.39 is 15.6 Å². The van der Waals surface area contributed by atoms with Gasteiger partial charge in [-0.15, -0.1) is 0 Å². The zero-order chi connectivity index (χ0) is 22.2. The predicted molar refractivity (Wildman–Crippen MR) is 115 cm³/mol. The van der Waals surface area contributed by atoms with Crippen LogP contribution in [-0.2, 0) is 23.5 Å². The van der Waals surface area contributed by atoms with Crippen LogP contribution < -0.4 is 19.8 Å². The number of benzene rings is 2. The number of hydrogen-bond donors (Lipinski definition) is 1. The normalized spacial score (nSPS) is 11.8. The van der Waals surface area contributed by atoms with Crippen molar-refractivity contribution in [3.8, 4) is 11.5 Å². The maximum Gasteiger partial charge on any atom is 0.364 e. The van der Waals surface area contributed by atoms with Crippen molar-refractivity contribution in [1.29, 1.82) is 0 Å². The first kappa shape index (κ1) is 20.9. The lowest BCUT2D eigenvalue weighted by molar-refractivity contribution is 0.354. The number of hydrogen-bond acceptors (Lipinski definition) is 7. The highest BCUT2D eigenvalue weighted by Crippen LogP contribution is 2.28. The van der Waals surface area contributed by atoms with Gasteiger partial charge in [0.25, 0.3) is 0 Å².